The first-order chi connectivity index (χ1) is 20.1. The van der Waals surface area contributed by atoms with Crippen LogP contribution in [0, 0.1) is 17.8 Å². The number of aliphatic hydroxyl groups excluding tert-OH is 1. The highest BCUT2D eigenvalue weighted by molar-refractivity contribution is 9.09. The van der Waals surface area contributed by atoms with Crippen molar-refractivity contribution in [3.05, 3.63) is 49.6 Å². The molecule has 2 bridgehead atoms. The molecule has 1 aromatic carbocycles. The average Bonchev–Trinajstić information content (AvgIpc) is 3.57. The lowest BCUT2D eigenvalue weighted by Crippen LogP contribution is -2.59. The minimum atomic E-state index is -1.25. The van der Waals surface area contributed by atoms with Crippen LogP contribution >= 0.6 is 15.9 Å². The van der Waals surface area contributed by atoms with Crippen LogP contribution in [-0.2, 0) is 23.9 Å². The van der Waals surface area contributed by atoms with E-state index < -0.39 is 41.6 Å². The van der Waals surface area contributed by atoms with E-state index in [0.29, 0.717) is 18.5 Å². The van der Waals surface area contributed by atoms with Crippen molar-refractivity contribution in [3.8, 4) is 0 Å². The molecule has 9 nitrogen and oxygen atoms in total. The zero-order valence-electron chi connectivity index (χ0n) is 25.1. The number of ether oxygens (including phenoxy) is 2. The summed E-state index contributed by atoms with van der Waals surface area (Å²) < 4.78 is 12.0. The molecule has 42 heavy (non-hydrogen) atoms. The van der Waals surface area contributed by atoms with Gasteiger partial charge in [0.1, 0.15) is 18.2 Å². The molecule has 2 amide bonds. The molecule has 0 aromatic heterocycles. The first-order valence-corrected chi connectivity index (χ1v) is 15.8. The second kappa shape index (κ2) is 13.3. The zero-order valence-corrected chi connectivity index (χ0v) is 26.7. The number of nitrogens with zero attached hydrogens (tertiary/aromatic N) is 3. The zero-order chi connectivity index (χ0) is 30.8. The molecule has 10 heteroatoms. The highest BCUT2D eigenvalue weighted by atomic mass is 79.9. The van der Waals surface area contributed by atoms with Crippen LogP contribution < -0.4 is 9.80 Å². The van der Waals surface area contributed by atoms with Crippen LogP contribution in [0.4, 0.5) is 11.4 Å². The van der Waals surface area contributed by atoms with Gasteiger partial charge in [0.05, 0.1) is 30.6 Å². The number of carbonyl (C=O) groups excluding carboxylic acids is 3. The summed E-state index contributed by atoms with van der Waals surface area (Å²) in [5.41, 5.74) is 0.456. The number of halogens is 1. The number of amides is 2. The van der Waals surface area contributed by atoms with Crippen LogP contribution in [-0.4, -0.2) is 89.3 Å². The van der Waals surface area contributed by atoms with Gasteiger partial charge in [-0.3, -0.25) is 14.4 Å². The van der Waals surface area contributed by atoms with Gasteiger partial charge in [-0.05, 0) is 56.9 Å². The quantitative estimate of drug-likeness (QED) is 0.186. The maximum atomic E-state index is 14.8. The fourth-order valence-corrected chi connectivity index (χ4v) is 8.04. The highest BCUT2D eigenvalue weighted by Gasteiger charge is 2.77. The first kappa shape index (κ1) is 32.2. The van der Waals surface area contributed by atoms with Gasteiger partial charge in [-0.1, -0.05) is 48.5 Å². The molecular formula is C32H44BrN3O6. The Bertz CT molecular complexity index is 1170. The van der Waals surface area contributed by atoms with E-state index in [2.05, 4.69) is 47.8 Å². The molecular weight excluding hydrogens is 602 g/mol. The molecule has 3 aliphatic heterocycles. The standard InChI is InChI=1S/C32H44BrN3O6/c1-7-15-35(22-13-11-21(12-14-22)34(9-3)10-4)30(39)28-32-18-24(33)27(42-32)25(31(40)41-16-8-2)26(32)29(38)36(28)23(19-37)17-20(5)6/h7-8,11-14,20,23-28,37H,1-2,9-10,15-19H2,3-6H3/t23-,24?,25+,26+,27+,28?,32?/m1/s1. The van der Waals surface area contributed by atoms with Gasteiger partial charge in [-0.25, -0.2) is 0 Å². The predicted molar refractivity (Wildman–Crippen MR) is 167 cm³/mol. The lowest BCUT2D eigenvalue weighted by atomic mass is 9.70. The number of hydrogen-bond acceptors (Lipinski definition) is 7. The Morgan fingerprint density at radius 1 is 1.19 bits per heavy atom. The second-order valence-corrected chi connectivity index (χ2v) is 12.9. The van der Waals surface area contributed by atoms with E-state index in [1.54, 1.807) is 11.0 Å². The lowest BCUT2D eigenvalue weighted by Gasteiger charge is -2.40. The third-order valence-electron chi connectivity index (χ3n) is 8.79. The minimum Gasteiger partial charge on any atom is -0.461 e. The molecule has 230 valence electrons. The van der Waals surface area contributed by atoms with E-state index >= 15 is 0 Å². The van der Waals surface area contributed by atoms with Crippen molar-refractivity contribution < 1.29 is 29.0 Å². The molecule has 3 fully saturated rings. The fraction of sp³-hybridized carbons (Fsp3) is 0.594. The van der Waals surface area contributed by atoms with E-state index in [1.807, 2.05) is 38.1 Å². The van der Waals surface area contributed by atoms with Gasteiger partial charge in [-0.15, -0.1) is 6.58 Å². The monoisotopic (exact) mass is 645 g/mol. The van der Waals surface area contributed by atoms with Crippen molar-refractivity contribution in [2.75, 3.05) is 42.6 Å². The fourth-order valence-electron chi connectivity index (χ4n) is 7.10. The van der Waals surface area contributed by atoms with Gasteiger partial charge in [0.25, 0.3) is 5.91 Å². The van der Waals surface area contributed by atoms with Crippen molar-refractivity contribution in [2.45, 2.75) is 69.2 Å². The van der Waals surface area contributed by atoms with E-state index in [4.69, 9.17) is 9.47 Å². The molecule has 7 atom stereocenters. The summed E-state index contributed by atoms with van der Waals surface area (Å²) in [6.07, 6.45) is 3.37. The number of alkyl halides is 1. The predicted octanol–water partition coefficient (Wildman–Crippen LogP) is 3.94. The maximum Gasteiger partial charge on any atom is 0.312 e. The number of hydrogen-bond donors (Lipinski definition) is 1. The molecule has 3 saturated heterocycles. The second-order valence-electron chi connectivity index (χ2n) is 11.7. The summed E-state index contributed by atoms with van der Waals surface area (Å²) in [6, 6.07) is 6.10. The Kier molecular flexibility index (Phi) is 10.2. The van der Waals surface area contributed by atoms with Crippen molar-refractivity contribution in [3.63, 3.8) is 0 Å². The van der Waals surface area contributed by atoms with Gasteiger partial charge in [0.2, 0.25) is 5.91 Å². The van der Waals surface area contributed by atoms with Gasteiger partial charge in [0.15, 0.2) is 0 Å². The Balaban J connectivity index is 1.80. The van der Waals surface area contributed by atoms with E-state index in [0.717, 1.165) is 18.8 Å². The first-order valence-electron chi connectivity index (χ1n) is 14.9. The van der Waals surface area contributed by atoms with Crippen molar-refractivity contribution in [1.82, 2.24) is 4.90 Å². The molecule has 1 aromatic rings. The van der Waals surface area contributed by atoms with Gasteiger partial charge >= 0.3 is 5.97 Å². The van der Waals surface area contributed by atoms with Crippen LogP contribution in [0.2, 0.25) is 0 Å². The number of aliphatic hydroxyl groups is 1. The lowest BCUT2D eigenvalue weighted by molar-refractivity contribution is -0.154. The molecule has 3 aliphatic rings. The Morgan fingerprint density at radius 3 is 2.38 bits per heavy atom. The van der Waals surface area contributed by atoms with Crippen molar-refractivity contribution in [1.29, 1.82) is 0 Å². The summed E-state index contributed by atoms with van der Waals surface area (Å²) >= 11 is 3.68. The Hall–Kier alpha value is -2.69. The molecule has 1 spiro atoms. The molecule has 0 radical (unpaired) electrons. The third kappa shape index (κ3) is 5.53. The van der Waals surface area contributed by atoms with E-state index in [-0.39, 0.29) is 42.3 Å². The van der Waals surface area contributed by atoms with Gasteiger partial charge in [0, 0.05) is 35.8 Å². The summed E-state index contributed by atoms with van der Waals surface area (Å²) in [6.45, 7) is 17.3. The van der Waals surface area contributed by atoms with Crippen LogP contribution in [0.15, 0.2) is 49.6 Å². The van der Waals surface area contributed by atoms with E-state index in [9.17, 15) is 19.5 Å². The number of anilines is 2. The number of esters is 1. The normalized spacial score (nSPS) is 28.5. The third-order valence-corrected chi connectivity index (χ3v) is 9.64. The summed E-state index contributed by atoms with van der Waals surface area (Å²) in [5, 5.41) is 10.5. The van der Waals surface area contributed by atoms with Crippen LogP contribution in [0.5, 0.6) is 0 Å². The minimum absolute atomic E-state index is 0.0121. The number of rotatable bonds is 14. The Labute approximate surface area is 257 Å². The smallest absolute Gasteiger partial charge is 0.312 e. The molecule has 3 heterocycles. The largest absolute Gasteiger partial charge is 0.461 e. The number of likely N-dealkylation sites (tertiary alicyclic amines) is 1. The summed E-state index contributed by atoms with van der Waals surface area (Å²) in [7, 11) is 0. The number of fused-ring (bicyclic) bond motifs is 1. The summed E-state index contributed by atoms with van der Waals surface area (Å²) in [4.78, 5) is 47.6. The topological polar surface area (TPSA) is 99.6 Å². The van der Waals surface area contributed by atoms with Gasteiger partial charge < -0.3 is 29.3 Å². The van der Waals surface area contributed by atoms with E-state index in [1.165, 1.54) is 11.0 Å². The SMILES string of the molecule is C=CCOC(=O)[C@H]1[C@H]2C(=O)N([C@@H](CO)CC(C)C)C(C(=O)N(CC=C)c3ccc(N(CC)CC)cc3)C23CC(Br)[C@@H]1O3. The average molecular weight is 647 g/mol. The summed E-state index contributed by atoms with van der Waals surface area (Å²) in [5.74, 6) is -2.86. The molecule has 3 unspecified atom stereocenters. The molecule has 1 N–H and O–H groups in total. The number of benzene rings is 1. The van der Waals surface area contributed by atoms with Crippen molar-refractivity contribution in [2.24, 2.45) is 17.8 Å². The number of carbonyl (C=O) groups is 3. The molecule has 4 rings (SSSR count). The molecule has 0 aliphatic carbocycles. The van der Waals surface area contributed by atoms with Crippen LogP contribution in [0.1, 0.15) is 40.5 Å². The Morgan fingerprint density at radius 2 is 1.83 bits per heavy atom. The van der Waals surface area contributed by atoms with Gasteiger partial charge in [-0.2, -0.15) is 0 Å². The maximum absolute atomic E-state index is 14.8. The van der Waals surface area contributed by atoms with Crippen LogP contribution in [0.3, 0.4) is 0 Å². The molecule has 0 saturated carbocycles. The van der Waals surface area contributed by atoms with Crippen LogP contribution in [0.25, 0.3) is 0 Å². The highest BCUT2D eigenvalue weighted by Crippen LogP contribution is 2.61. The van der Waals surface area contributed by atoms with Crippen molar-refractivity contribution >= 4 is 45.1 Å².